The Hall–Kier alpha value is -1.74. The van der Waals surface area contributed by atoms with Crippen LogP contribution in [0.3, 0.4) is 0 Å². The molecule has 24 nitrogen and oxygen atoms in total. The van der Waals surface area contributed by atoms with E-state index >= 15 is 0 Å². The first-order valence-corrected chi connectivity index (χ1v) is 38.7. The summed E-state index contributed by atoms with van der Waals surface area (Å²) < 4.78 is 178. The Morgan fingerprint density at radius 1 is 0.500 bits per heavy atom. The molecular weight excluding hydrogens is 1230 g/mol. The van der Waals surface area contributed by atoms with Crippen LogP contribution in [0.2, 0.25) is 0 Å². The monoisotopic (exact) mass is 1350 g/mol. The van der Waals surface area contributed by atoms with E-state index in [0.717, 1.165) is 58.3 Å². The summed E-state index contributed by atoms with van der Waals surface area (Å²) in [5.74, 6) is -6.45. The van der Waals surface area contributed by atoms with Gasteiger partial charge in [-0.2, -0.15) is 33.7 Å². The van der Waals surface area contributed by atoms with Gasteiger partial charge in [0.15, 0.2) is 0 Å². The predicted octanol–water partition coefficient (Wildman–Crippen LogP) is 13.1. The molecule has 0 aromatic heterocycles. The van der Waals surface area contributed by atoms with E-state index in [9.17, 15) is 66.6 Å². The maximum absolute atomic E-state index is 13.5. The van der Waals surface area contributed by atoms with Crippen molar-refractivity contribution in [2.75, 3.05) is 39.6 Å². The lowest BCUT2D eigenvalue weighted by atomic mass is 9.88. The van der Waals surface area contributed by atoms with E-state index in [4.69, 9.17) is 23.1 Å². The van der Waals surface area contributed by atoms with Crippen LogP contribution >= 0.6 is 0 Å². The average Bonchev–Trinajstić information content (AvgIpc) is 0.771. The summed E-state index contributed by atoms with van der Waals surface area (Å²) in [6.07, 6.45) is 36.6. The molecule has 0 aromatic carbocycles. The molecule has 0 bridgehead atoms. The molecule has 0 aliphatic carbocycles. The lowest BCUT2D eigenvalue weighted by Crippen LogP contribution is -2.69. The van der Waals surface area contributed by atoms with E-state index in [1.807, 2.05) is 0 Å². The van der Waals surface area contributed by atoms with Crippen molar-refractivity contribution >= 4 is 53.5 Å². The van der Waals surface area contributed by atoms with Crippen LogP contribution in [0.4, 0.5) is 0 Å². The van der Waals surface area contributed by atoms with Crippen molar-refractivity contribution in [2.24, 2.45) is 5.41 Å². The van der Waals surface area contributed by atoms with Crippen molar-refractivity contribution in [1.29, 1.82) is 0 Å². The standard InChI is InChI=1S/C60H117NO23S4/c1-5-7-9-11-13-15-17-19-21-23-25-27-29-31-33-35-37-39-41-43-45-77-49-59(4,50-78-46-44-42-40-38-36-34-32-30-28-26-24-22-20-18-16-14-12-10-8-6-2)51-79-60(58(63)64)47-53(82-86(68,69)70)55(61-52(3)62)57(81-60)56(84-88(74,75)76)54(83-87(71,72)73)48-80-85(65,66)67/h53-57H,5-51H2,1-4H3,(H,61,62)(H,63,64)(H,65,66,67)(H,68,69,70)(H,71,72,73)(H,74,75,76)/t53-,54+,55+,56+,57+,60-/m0/s1. The van der Waals surface area contributed by atoms with Gasteiger partial charge >= 0.3 is 47.6 Å². The van der Waals surface area contributed by atoms with Crippen LogP contribution in [0.5, 0.6) is 0 Å². The number of rotatable bonds is 62. The van der Waals surface area contributed by atoms with Crippen molar-refractivity contribution in [3.8, 4) is 0 Å². The second kappa shape index (κ2) is 48.9. The molecular formula is C60H117NO23S4. The molecule has 1 aliphatic heterocycles. The van der Waals surface area contributed by atoms with Crippen LogP contribution in [0.1, 0.15) is 291 Å². The minimum Gasteiger partial charge on any atom is -0.477 e. The van der Waals surface area contributed by atoms with Crippen molar-refractivity contribution in [2.45, 2.75) is 327 Å². The largest absolute Gasteiger partial charge is 0.477 e. The number of unbranched alkanes of at least 4 members (excludes halogenated alkanes) is 38. The highest BCUT2D eigenvalue weighted by Gasteiger charge is 2.60. The molecule has 6 N–H and O–H groups in total. The third-order valence-corrected chi connectivity index (χ3v) is 17.8. The molecule has 0 unspecified atom stereocenters. The summed E-state index contributed by atoms with van der Waals surface area (Å²) in [6, 6.07) is -2.26. The van der Waals surface area contributed by atoms with E-state index in [0.29, 0.717) is 26.1 Å². The van der Waals surface area contributed by atoms with Gasteiger partial charge in [0.05, 0.1) is 32.5 Å². The number of hydrogen-bond acceptors (Lipinski definition) is 18. The lowest BCUT2D eigenvalue weighted by molar-refractivity contribution is -0.314. The number of carbonyl (C=O) groups is 2. The summed E-state index contributed by atoms with van der Waals surface area (Å²) >= 11 is 0. The van der Waals surface area contributed by atoms with Crippen molar-refractivity contribution < 1.29 is 102 Å². The van der Waals surface area contributed by atoms with Gasteiger partial charge in [0.1, 0.15) is 24.4 Å². The number of nitrogens with one attached hydrogen (secondary N) is 1. The van der Waals surface area contributed by atoms with Gasteiger partial charge in [0, 0.05) is 32.0 Å². The van der Waals surface area contributed by atoms with Crippen LogP contribution in [0.25, 0.3) is 0 Å². The molecule has 1 saturated heterocycles. The number of amides is 1. The van der Waals surface area contributed by atoms with Gasteiger partial charge in [-0.15, -0.1) is 0 Å². The van der Waals surface area contributed by atoms with Crippen LogP contribution in [0, 0.1) is 5.41 Å². The Balaban J connectivity index is 3.10. The van der Waals surface area contributed by atoms with E-state index in [2.05, 4.69) is 31.7 Å². The maximum Gasteiger partial charge on any atom is 0.397 e. The topological polar surface area (TPSA) is 358 Å². The molecule has 1 fully saturated rings. The quantitative estimate of drug-likeness (QED) is 0.0243. The highest BCUT2D eigenvalue weighted by molar-refractivity contribution is 7.81. The van der Waals surface area contributed by atoms with Gasteiger partial charge in [-0.05, 0) is 12.8 Å². The van der Waals surface area contributed by atoms with Crippen LogP contribution in [-0.4, -0.2) is 145 Å². The molecule has 0 radical (unpaired) electrons. The zero-order valence-corrected chi connectivity index (χ0v) is 57.1. The molecule has 0 aromatic rings. The maximum atomic E-state index is 13.5. The van der Waals surface area contributed by atoms with Crippen molar-refractivity contribution in [3.63, 3.8) is 0 Å². The summed E-state index contributed by atoms with van der Waals surface area (Å²) in [7, 11) is -23.0. The highest BCUT2D eigenvalue weighted by Crippen LogP contribution is 2.39. The normalized spacial score (nSPS) is 18.6. The zero-order valence-electron chi connectivity index (χ0n) is 53.8. The Labute approximate surface area is 530 Å². The molecule has 1 aliphatic rings. The fraction of sp³-hybridized carbons (Fsp3) is 0.967. The van der Waals surface area contributed by atoms with E-state index in [1.165, 1.54) is 193 Å². The fourth-order valence-corrected chi connectivity index (χ4v) is 12.9. The Kier molecular flexibility index (Phi) is 46.8. The number of carbonyl (C=O) groups excluding carboxylic acids is 1. The first kappa shape index (κ1) is 84.3. The van der Waals surface area contributed by atoms with Crippen molar-refractivity contribution in [1.82, 2.24) is 5.32 Å². The Morgan fingerprint density at radius 3 is 1.11 bits per heavy atom. The zero-order chi connectivity index (χ0) is 65.6. The second-order valence-electron chi connectivity index (χ2n) is 24.5. The molecule has 1 amide bonds. The summed E-state index contributed by atoms with van der Waals surface area (Å²) in [5, 5.41) is 13.0. The van der Waals surface area contributed by atoms with E-state index in [1.54, 1.807) is 6.92 Å². The second-order valence-corrected chi connectivity index (χ2v) is 28.8. The molecule has 0 saturated carbocycles. The summed E-state index contributed by atoms with van der Waals surface area (Å²) in [6.45, 7) is 4.87. The molecule has 6 atom stereocenters. The van der Waals surface area contributed by atoms with Gasteiger partial charge in [0.25, 0.3) is 5.79 Å². The molecule has 0 spiro atoms. The van der Waals surface area contributed by atoms with Gasteiger partial charge in [0.2, 0.25) is 5.91 Å². The molecule has 28 heteroatoms. The third-order valence-electron chi connectivity index (χ3n) is 15.9. The Bertz CT molecular complexity index is 2200. The summed E-state index contributed by atoms with van der Waals surface area (Å²) in [4.78, 5) is 26.1. The first-order chi connectivity index (χ1) is 41.6. The van der Waals surface area contributed by atoms with Crippen molar-refractivity contribution in [3.05, 3.63) is 0 Å². The number of aliphatic carboxylic acids is 1. The first-order valence-electron chi connectivity index (χ1n) is 33.2. The van der Waals surface area contributed by atoms with Gasteiger partial charge < -0.3 is 29.4 Å². The Morgan fingerprint density at radius 2 is 0.830 bits per heavy atom. The third kappa shape index (κ3) is 46.3. The number of ether oxygens (including phenoxy) is 4. The minimum atomic E-state index is -5.94. The van der Waals surface area contributed by atoms with Crippen LogP contribution in [-0.2, 0) is 86.9 Å². The smallest absolute Gasteiger partial charge is 0.397 e. The van der Waals surface area contributed by atoms with E-state index < -0.39 is 115 Å². The predicted molar refractivity (Wildman–Crippen MR) is 336 cm³/mol. The SMILES string of the molecule is CCCCCCCCCCCCCCCCCCCCCCOCC(C)(COCCCCCCCCCCCCCCCCCCCCCC)CO[C@@]1(C(=O)O)C[C@H](OS(=O)(=O)O)[C@@H](NC(C)=O)[C@H]([C@H](OS(=O)(=O)O)[C@@H](COS(=O)(=O)O)OS(=O)(=O)O)O1. The minimum absolute atomic E-state index is 0.101. The highest BCUT2D eigenvalue weighted by atomic mass is 32.3. The van der Waals surface area contributed by atoms with Gasteiger partial charge in [-0.1, -0.05) is 265 Å². The van der Waals surface area contributed by atoms with Crippen LogP contribution in [0.15, 0.2) is 0 Å². The van der Waals surface area contributed by atoms with Gasteiger partial charge in [-0.3, -0.25) is 23.0 Å². The number of carboxylic acid groups (broad SMARTS) is 1. The van der Waals surface area contributed by atoms with E-state index in [-0.39, 0.29) is 13.2 Å². The fourth-order valence-electron chi connectivity index (χ4n) is 11.1. The molecule has 1 rings (SSSR count). The molecule has 1 heterocycles. The van der Waals surface area contributed by atoms with Gasteiger partial charge in [-0.25, -0.2) is 21.5 Å². The number of hydrogen-bond donors (Lipinski definition) is 6. The lowest BCUT2D eigenvalue weighted by Gasteiger charge is -2.48. The molecule has 88 heavy (non-hydrogen) atoms. The number of carboxylic acids is 1. The average molecular weight is 1350 g/mol. The summed E-state index contributed by atoms with van der Waals surface area (Å²) in [5.41, 5.74) is -1.24. The van der Waals surface area contributed by atoms with Crippen LogP contribution < -0.4 is 5.32 Å². The molecule has 524 valence electrons.